The molecule has 0 aliphatic heterocycles. The van der Waals surface area contributed by atoms with Crippen LogP contribution < -0.4 is 0 Å². The number of aliphatic hydroxyl groups is 1. The Bertz CT molecular complexity index is 297. The third kappa shape index (κ3) is 3.50. The first kappa shape index (κ1) is 10.1. The van der Waals surface area contributed by atoms with Gasteiger partial charge in [0.1, 0.15) is 0 Å². The summed E-state index contributed by atoms with van der Waals surface area (Å²) in [6.45, 7) is 0. The van der Waals surface area contributed by atoms with Crippen LogP contribution in [0.15, 0.2) is 24.3 Å². The standard InChI is InChI=1S/C11H11ClO/c1-2-3-11(13)8-9-4-6-10(12)7-5-9/h1,4-7,11,13H,3,8H2. The minimum absolute atomic E-state index is 0.391. The van der Waals surface area contributed by atoms with Crippen LogP contribution in [-0.2, 0) is 6.42 Å². The summed E-state index contributed by atoms with van der Waals surface area (Å²) >= 11 is 5.71. The van der Waals surface area contributed by atoms with E-state index in [1.807, 2.05) is 12.1 Å². The third-order valence-corrected chi connectivity index (χ3v) is 1.99. The van der Waals surface area contributed by atoms with E-state index < -0.39 is 6.10 Å². The first-order valence-corrected chi connectivity index (χ1v) is 4.46. The maximum Gasteiger partial charge on any atom is 0.0689 e. The van der Waals surface area contributed by atoms with E-state index in [1.165, 1.54) is 0 Å². The molecule has 1 nitrogen and oxygen atoms in total. The van der Waals surface area contributed by atoms with Crippen LogP contribution in [0.25, 0.3) is 0 Å². The van der Waals surface area contributed by atoms with Crippen LogP contribution in [0.2, 0.25) is 5.02 Å². The van der Waals surface area contributed by atoms with E-state index in [-0.39, 0.29) is 0 Å². The maximum absolute atomic E-state index is 9.40. The molecular formula is C11H11ClO. The number of halogens is 1. The molecule has 0 saturated carbocycles. The molecule has 0 heterocycles. The summed E-state index contributed by atoms with van der Waals surface area (Å²) in [5, 5.41) is 10.1. The lowest BCUT2D eigenvalue weighted by Gasteiger charge is -2.06. The molecular weight excluding hydrogens is 184 g/mol. The fraction of sp³-hybridized carbons (Fsp3) is 0.273. The second kappa shape index (κ2) is 4.91. The van der Waals surface area contributed by atoms with Gasteiger partial charge in [0.2, 0.25) is 0 Å². The molecule has 13 heavy (non-hydrogen) atoms. The predicted molar refractivity (Wildman–Crippen MR) is 54.6 cm³/mol. The zero-order valence-corrected chi connectivity index (χ0v) is 7.96. The first-order chi connectivity index (χ1) is 6.22. The highest BCUT2D eigenvalue weighted by atomic mass is 35.5. The van der Waals surface area contributed by atoms with Gasteiger partial charge in [-0.3, -0.25) is 0 Å². The van der Waals surface area contributed by atoms with Crippen molar-refractivity contribution in [1.82, 2.24) is 0 Å². The van der Waals surface area contributed by atoms with Crippen LogP contribution in [0.5, 0.6) is 0 Å². The van der Waals surface area contributed by atoms with Crippen molar-refractivity contribution in [2.75, 3.05) is 0 Å². The quantitative estimate of drug-likeness (QED) is 0.732. The molecule has 0 aliphatic carbocycles. The number of aliphatic hydroxyl groups excluding tert-OH is 1. The van der Waals surface area contributed by atoms with Gasteiger partial charge in [0, 0.05) is 11.4 Å². The maximum atomic E-state index is 9.40. The SMILES string of the molecule is C#CCC(O)Cc1ccc(Cl)cc1. The van der Waals surface area contributed by atoms with Gasteiger partial charge in [-0.05, 0) is 24.1 Å². The molecule has 1 rings (SSSR count). The van der Waals surface area contributed by atoms with Gasteiger partial charge in [-0.1, -0.05) is 23.7 Å². The molecule has 0 bridgehead atoms. The molecule has 1 atom stereocenters. The molecule has 0 amide bonds. The summed E-state index contributed by atoms with van der Waals surface area (Å²) in [5.74, 6) is 2.42. The van der Waals surface area contributed by atoms with Crippen molar-refractivity contribution in [2.45, 2.75) is 18.9 Å². The first-order valence-electron chi connectivity index (χ1n) is 4.08. The lowest BCUT2D eigenvalue weighted by atomic mass is 10.1. The van der Waals surface area contributed by atoms with E-state index in [0.29, 0.717) is 17.9 Å². The van der Waals surface area contributed by atoms with Crippen LogP contribution in [0.4, 0.5) is 0 Å². The number of rotatable bonds is 3. The second-order valence-corrected chi connectivity index (χ2v) is 3.33. The number of hydrogen-bond donors (Lipinski definition) is 1. The van der Waals surface area contributed by atoms with E-state index >= 15 is 0 Å². The Balaban J connectivity index is 2.55. The summed E-state index contributed by atoms with van der Waals surface area (Å²) in [4.78, 5) is 0. The lowest BCUT2D eigenvalue weighted by molar-refractivity contribution is 0.181. The van der Waals surface area contributed by atoms with Gasteiger partial charge >= 0.3 is 0 Å². The van der Waals surface area contributed by atoms with Crippen molar-refractivity contribution in [2.24, 2.45) is 0 Å². The van der Waals surface area contributed by atoms with E-state index in [0.717, 1.165) is 5.56 Å². The number of hydrogen-bond acceptors (Lipinski definition) is 1. The van der Waals surface area contributed by atoms with Gasteiger partial charge in [0.25, 0.3) is 0 Å². The van der Waals surface area contributed by atoms with Gasteiger partial charge in [0.05, 0.1) is 6.10 Å². The van der Waals surface area contributed by atoms with Crippen molar-refractivity contribution in [3.05, 3.63) is 34.9 Å². The molecule has 0 aromatic heterocycles. The number of benzene rings is 1. The topological polar surface area (TPSA) is 20.2 Å². The Hall–Kier alpha value is -0.970. The summed E-state index contributed by atoms with van der Waals surface area (Å²) in [5.41, 5.74) is 1.05. The second-order valence-electron chi connectivity index (χ2n) is 2.89. The van der Waals surface area contributed by atoms with E-state index in [4.69, 9.17) is 18.0 Å². The van der Waals surface area contributed by atoms with E-state index in [2.05, 4.69) is 5.92 Å². The Morgan fingerprint density at radius 1 is 1.38 bits per heavy atom. The average Bonchev–Trinajstić information content (AvgIpc) is 2.09. The Morgan fingerprint density at radius 2 is 2.00 bits per heavy atom. The Morgan fingerprint density at radius 3 is 2.54 bits per heavy atom. The minimum atomic E-state index is -0.453. The highest BCUT2D eigenvalue weighted by Crippen LogP contribution is 2.11. The van der Waals surface area contributed by atoms with Crippen LogP contribution >= 0.6 is 11.6 Å². The van der Waals surface area contributed by atoms with Gasteiger partial charge in [-0.25, -0.2) is 0 Å². The normalized spacial score (nSPS) is 12.1. The predicted octanol–water partition coefficient (Wildman–Crippen LogP) is 2.27. The van der Waals surface area contributed by atoms with Crippen LogP contribution in [0.1, 0.15) is 12.0 Å². The largest absolute Gasteiger partial charge is 0.392 e. The molecule has 2 heteroatoms. The molecule has 1 aromatic rings. The molecule has 0 aliphatic rings. The smallest absolute Gasteiger partial charge is 0.0689 e. The third-order valence-electron chi connectivity index (χ3n) is 1.74. The van der Waals surface area contributed by atoms with Crippen LogP contribution in [-0.4, -0.2) is 11.2 Å². The van der Waals surface area contributed by atoms with Gasteiger partial charge in [-0.2, -0.15) is 0 Å². The highest BCUT2D eigenvalue weighted by Gasteiger charge is 2.02. The molecule has 1 N–H and O–H groups in total. The van der Waals surface area contributed by atoms with Crippen molar-refractivity contribution in [3.8, 4) is 12.3 Å². The van der Waals surface area contributed by atoms with Crippen molar-refractivity contribution in [3.63, 3.8) is 0 Å². The van der Waals surface area contributed by atoms with E-state index in [1.54, 1.807) is 12.1 Å². The molecule has 1 unspecified atom stereocenters. The fourth-order valence-corrected chi connectivity index (χ4v) is 1.23. The summed E-state index contributed by atoms with van der Waals surface area (Å²) in [6.07, 6.45) is 5.60. The monoisotopic (exact) mass is 194 g/mol. The fourth-order valence-electron chi connectivity index (χ4n) is 1.10. The molecule has 68 valence electrons. The lowest BCUT2D eigenvalue weighted by Crippen LogP contribution is -2.08. The minimum Gasteiger partial charge on any atom is -0.392 e. The average molecular weight is 195 g/mol. The number of terminal acetylenes is 1. The molecule has 0 saturated heterocycles. The van der Waals surface area contributed by atoms with Crippen molar-refractivity contribution >= 4 is 11.6 Å². The Kier molecular flexibility index (Phi) is 3.82. The zero-order valence-electron chi connectivity index (χ0n) is 7.20. The molecule has 0 fully saturated rings. The van der Waals surface area contributed by atoms with Crippen LogP contribution in [0, 0.1) is 12.3 Å². The van der Waals surface area contributed by atoms with E-state index in [9.17, 15) is 5.11 Å². The van der Waals surface area contributed by atoms with Crippen molar-refractivity contribution in [1.29, 1.82) is 0 Å². The summed E-state index contributed by atoms with van der Waals surface area (Å²) in [7, 11) is 0. The van der Waals surface area contributed by atoms with Gasteiger partial charge in [0.15, 0.2) is 0 Å². The molecule has 1 aromatic carbocycles. The highest BCUT2D eigenvalue weighted by molar-refractivity contribution is 6.30. The zero-order chi connectivity index (χ0) is 9.68. The Labute approximate surface area is 83.4 Å². The van der Waals surface area contributed by atoms with Crippen molar-refractivity contribution < 1.29 is 5.11 Å². The molecule has 0 spiro atoms. The summed E-state index contributed by atoms with van der Waals surface area (Å²) in [6, 6.07) is 7.39. The van der Waals surface area contributed by atoms with Crippen LogP contribution in [0.3, 0.4) is 0 Å². The molecule has 0 radical (unpaired) electrons. The summed E-state index contributed by atoms with van der Waals surface area (Å²) < 4.78 is 0. The van der Waals surface area contributed by atoms with Gasteiger partial charge < -0.3 is 5.11 Å². The van der Waals surface area contributed by atoms with Gasteiger partial charge in [-0.15, -0.1) is 12.3 Å².